The van der Waals surface area contributed by atoms with Gasteiger partial charge in [-0.2, -0.15) is 0 Å². The van der Waals surface area contributed by atoms with Crippen molar-refractivity contribution in [2.75, 3.05) is 18.0 Å². The molecule has 0 unspecified atom stereocenters. The van der Waals surface area contributed by atoms with E-state index in [1.807, 2.05) is 6.07 Å². The lowest BCUT2D eigenvalue weighted by atomic mass is 10.2. The van der Waals surface area contributed by atoms with Gasteiger partial charge in [0.05, 0.1) is 0 Å². The second kappa shape index (κ2) is 2.53. The number of halogens is 1. The molecule has 0 aromatic heterocycles. The number of anilines is 1. The summed E-state index contributed by atoms with van der Waals surface area (Å²) >= 11 is 0. The van der Waals surface area contributed by atoms with Gasteiger partial charge in [-0.05, 0) is 24.6 Å². The molecule has 1 aromatic rings. The predicted molar refractivity (Wildman–Crippen MR) is 43.2 cm³/mol. The van der Waals surface area contributed by atoms with E-state index >= 15 is 0 Å². The lowest BCUT2D eigenvalue weighted by molar-refractivity contribution is 0.603. The molecule has 1 saturated heterocycles. The Kier molecular flexibility index (Phi) is 1.53. The van der Waals surface area contributed by atoms with Crippen LogP contribution in [0.5, 0.6) is 0 Å². The van der Waals surface area contributed by atoms with E-state index in [2.05, 4.69) is 4.90 Å². The Morgan fingerprint density at radius 3 is 2.64 bits per heavy atom. The first-order chi connectivity index (χ1) is 5.36. The van der Waals surface area contributed by atoms with Crippen molar-refractivity contribution >= 4 is 5.69 Å². The molecule has 1 fully saturated rings. The number of hydrogen-bond donors (Lipinski definition) is 0. The monoisotopic (exact) mass is 151 g/mol. The molecule has 0 spiro atoms. The van der Waals surface area contributed by atoms with Gasteiger partial charge in [0.15, 0.2) is 0 Å². The summed E-state index contributed by atoms with van der Waals surface area (Å²) in [6.07, 6.45) is 1.23. The zero-order valence-electron chi connectivity index (χ0n) is 6.26. The number of rotatable bonds is 1. The first kappa shape index (κ1) is 6.65. The molecule has 1 heterocycles. The summed E-state index contributed by atoms with van der Waals surface area (Å²) in [6, 6.07) is 6.76. The molecule has 0 saturated carbocycles. The zero-order valence-corrected chi connectivity index (χ0v) is 6.26. The molecule has 0 atom stereocenters. The van der Waals surface area contributed by atoms with Crippen molar-refractivity contribution in [2.24, 2.45) is 0 Å². The molecule has 0 amide bonds. The molecule has 1 aliphatic heterocycles. The summed E-state index contributed by atoms with van der Waals surface area (Å²) in [5.74, 6) is -0.144. The van der Waals surface area contributed by atoms with Gasteiger partial charge in [-0.25, -0.2) is 4.39 Å². The van der Waals surface area contributed by atoms with Crippen LogP contribution < -0.4 is 4.90 Å². The van der Waals surface area contributed by atoms with E-state index in [1.165, 1.54) is 12.5 Å². The fourth-order valence-electron chi connectivity index (χ4n) is 1.25. The Morgan fingerprint density at radius 1 is 1.27 bits per heavy atom. The normalized spacial score (nSPS) is 16.3. The van der Waals surface area contributed by atoms with Gasteiger partial charge in [-0.1, -0.05) is 6.07 Å². The van der Waals surface area contributed by atoms with Crippen LogP contribution in [0.25, 0.3) is 0 Å². The molecule has 0 aliphatic carbocycles. The fraction of sp³-hybridized carbons (Fsp3) is 0.333. The highest BCUT2D eigenvalue weighted by Gasteiger charge is 2.13. The van der Waals surface area contributed by atoms with Crippen LogP contribution in [0.4, 0.5) is 10.1 Å². The Balaban J connectivity index is 2.23. The van der Waals surface area contributed by atoms with Crippen LogP contribution in [0.1, 0.15) is 6.42 Å². The number of benzene rings is 1. The molecule has 11 heavy (non-hydrogen) atoms. The molecule has 58 valence electrons. The minimum atomic E-state index is -0.144. The van der Waals surface area contributed by atoms with Gasteiger partial charge in [0.1, 0.15) is 5.82 Å². The van der Waals surface area contributed by atoms with Crippen LogP contribution in [0, 0.1) is 5.82 Å². The van der Waals surface area contributed by atoms with E-state index < -0.39 is 0 Å². The van der Waals surface area contributed by atoms with E-state index in [4.69, 9.17) is 0 Å². The van der Waals surface area contributed by atoms with E-state index in [-0.39, 0.29) is 5.82 Å². The number of nitrogens with zero attached hydrogens (tertiary/aromatic N) is 1. The highest BCUT2D eigenvalue weighted by atomic mass is 19.1. The molecule has 0 bridgehead atoms. The molecular weight excluding hydrogens is 141 g/mol. The fourth-order valence-corrected chi connectivity index (χ4v) is 1.25. The maximum Gasteiger partial charge on any atom is 0.125 e. The zero-order chi connectivity index (χ0) is 7.68. The van der Waals surface area contributed by atoms with Gasteiger partial charge in [0.2, 0.25) is 0 Å². The molecule has 2 heteroatoms. The molecule has 1 aliphatic rings. The van der Waals surface area contributed by atoms with E-state index in [1.54, 1.807) is 12.1 Å². The van der Waals surface area contributed by atoms with Crippen molar-refractivity contribution in [3.8, 4) is 0 Å². The Hall–Kier alpha value is -1.05. The minimum absolute atomic E-state index is 0.144. The van der Waals surface area contributed by atoms with Crippen molar-refractivity contribution < 1.29 is 4.39 Å². The van der Waals surface area contributed by atoms with Gasteiger partial charge < -0.3 is 4.90 Å². The molecule has 0 radical (unpaired) electrons. The highest BCUT2D eigenvalue weighted by molar-refractivity contribution is 5.48. The smallest absolute Gasteiger partial charge is 0.125 e. The van der Waals surface area contributed by atoms with E-state index in [9.17, 15) is 4.39 Å². The van der Waals surface area contributed by atoms with Gasteiger partial charge in [-0.3, -0.25) is 0 Å². The van der Waals surface area contributed by atoms with Gasteiger partial charge in [0, 0.05) is 18.8 Å². The average Bonchev–Trinajstić information content (AvgIpc) is 1.83. The van der Waals surface area contributed by atoms with Crippen molar-refractivity contribution in [3.63, 3.8) is 0 Å². The topological polar surface area (TPSA) is 3.24 Å². The third-order valence-corrected chi connectivity index (χ3v) is 2.03. The molecular formula is C9H10FN. The van der Waals surface area contributed by atoms with Gasteiger partial charge >= 0.3 is 0 Å². The Bertz CT molecular complexity index is 255. The second-order valence-electron chi connectivity index (χ2n) is 2.82. The maximum atomic E-state index is 12.7. The first-order valence-corrected chi connectivity index (χ1v) is 3.87. The van der Waals surface area contributed by atoms with Crippen molar-refractivity contribution in [1.82, 2.24) is 0 Å². The van der Waals surface area contributed by atoms with Gasteiger partial charge in [-0.15, -0.1) is 0 Å². The quantitative estimate of drug-likeness (QED) is 0.593. The largest absolute Gasteiger partial charge is 0.371 e. The second-order valence-corrected chi connectivity index (χ2v) is 2.82. The lowest BCUT2D eigenvalue weighted by Crippen LogP contribution is -2.36. The SMILES string of the molecule is Fc1cccc(N2CCC2)c1. The summed E-state index contributed by atoms with van der Waals surface area (Å²) in [4.78, 5) is 2.17. The van der Waals surface area contributed by atoms with Crippen molar-refractivity contribution in [3.05, 3.63) is 30.1 Å². The standard InChI is InChI=1S/C9H10FN/c10-8-3-1-4-9(7-8)11-5-2-6-11/h1,3-4,7H,2,5-6H2. The highest BCUT2D eigenvalue weighted by Crippen LogP contribution is 2.20. The van der Waals surface area contributed by atoms with E-state index in [0.29, 0.717) is 0 Å². The van der Waals surface area contributed by atoms with Crippen molar-refractivity contribution in [1.29, 1.82) is 0 Å². The maximum absolute atomic E-state index is 12.7. The predicted octanol–water partition coefficient (Wildman–Crippen LogP) is 2.04. The minimum Gasteiger partial charge on any atom is -0.371 e. The molecule has 1 aromatic carbocycles. The van der Waals surface area contributed by atoms with Crippen LogP contribution in [0.15, 0.2) is 24.3 Å². The van der Waals surface area contributed by atoms with Crippen LogP contribution in [0.3, 0.4) is 0 Å². The van der Waals surface area contributed by atoms with Crippen molar-refractivity contribution in [2.45, 2.75) is 6.42 Å². The summed E-state index contributed by atoms with van der Waals surface area (Å²) in [5.41, 5.74) is 1.01. The number of hydrogen-bond acceptors (Lipinski definition) is 1. The molecule has 0 N–H and O–H groups in total. The Morgan fingerprint density at radius 2 is 2.09 bits per heavy atom. The average molecular weight is 151 g/mol. The van der Waals surface area contributed by atoms with Crippen LogP contribution >= 0.6 is 0 Å². The van der Waals surface area contributed by atoms with Crippen LogP contribution in [-0.2, 0) is 0 Å². The van der Waals surface area contributed by atoms with Crippen LogP contribution in [0.2, 0.25) is 0 Å². The first-order valence-electron chi connectivity index (χ1n) is 3.87. The third kappa shape index (κ3) is 1.20. The molecule has 1 nitrogen and oxygen atoms in total. The van der Waals surface area contributed by atoms with Gasteiger partial charge in [0.25, 0.3) is 0 Å². The third-order valence-electron chi connectivity index (χ3n) is 2.03. The lowest BCUT2D eigenvalue weighted by Gasteiger charge is -2.33. The Labute approximate surface area is 65.4 Å². The summed E-state index contributed by atoms with van der Waals surface area (Å²) in [6.45, 7) is 2.15. The van der Waals surface area contributed by atoms with Crippen LogP contribution in [-0.4, -0.2) is 13.1 Å². The summed E-state index contributed by atoms with van der Waals surface area (Å²) in [5, 5.41) is 0. The summed E-state index contributed by atoms with van der Waals surface area (Å²) in [7, 11) is 0. The summed E-state index contributed by atoms with van der Waals surface area (Å²) < 4.78 is 12.7. The van der Waals surface area contributed by atoms with E-state index in [0.717, 1.165) is 18.8 Å². The molecule has 2 rings (SSSR count).